The molecule has 1 fully saturated rings. The van der Waals surface area contributed by atoms with Gasteiger partial charge in [-0.15, -0.1) is 0 Å². The minimum Gasteiger partial charge on any atom is -0.490 e. The van der Waals surface area contributed by atoms with Crippen molar-refractivity contribution in [1.29, 1.82) is 0 Å². The Morgan fingerprint density at radius 1 is 1.40 bits per heavy atom. The van der Waals surface area contributed by atoms with Crippen LogP contribution in [0.2, 0.25) is 0 Å². The van der Waals surface area contributed by atoms with E-state index in [1.54, 1.807) is 0 Å². The van der Waals surface area contributed by atoms with E-state index >= 15 is 0 Å². The molecule has 0 aliphatic carbocycles. The van der Waals surface area contributed by atoms with Crippen molar-refractivity contribution in [2.24, 2.45) is 0 Å². The number of nitrogens with one attached hydrogen (secondary N) is 1. The second-order valence-corrected chi connectivity index (χ2v) is 6.05. The minimum absolute atomic E-state index is 0.320. The minimum atomic E-state index is 0.320. The first-order valence-electron chi connectivity index (χ1n) is 7.84. The zero-order chi connectivity index (χ0) is 13.9. The number of hydrogen-bond acceptors (Lipinski definition) is 3. The molecule has 3 nitrogen and oxygen atoms in total. The second-order valence-electron chi connectivity index (χ2n) is 6.05. The van der Waals surface area contributed by atoms with Crippen molar-refractivity contribution < 1.29 is 9.47 Å². The van der Waals surface area contributed by atoms with Crippen LogP contribution in [0, 0.1) is 0 Å². The summed E-state index contributed by atoms with van der Waals surface area (Å²) < 4.78 is 11.5. The van der Waals surface area contributed by atoms with E-state index in [-0.39, 0.29) is 0 Å². The molecule has 0 saturated carbocycles. The second kappa shape index (κ2) is 6.15. The number of rotatable bonds is 5. The largest absolute Gasteiger partial charge is 0.490 e. The molecule has 0 radical (unpaired) electrons. The van der Waals surface area contributed by atoms with Crippen LogP contribution in [0.4, 0.5) is 0 Å². The maximum atomic E-state index is 5.78. The van der Waals surface area contributed by atoms with Gasteiger partial charge in [0.15, 0.2) is 0 Å². The molecule has 1 saturated heterocycles. The van der Waals surface area contributed by atoms with Gasteiger partial charge >= 0.3 is 0 Å². The van der Waals surface area contributed by atoms with Gasteiger partial charge in [0.05, 0.1) is 6.10 Å². The molecule has 2 heterocycles. The highest BCUT2D eigenvalue weighted by Crippen LogP contribution is 2.32. The number of hydrogen-bond donors (Lipinski definition) is 1. The van der Waals surface area contributed by atoms with Crippen LogP contribution in [0.1, 0.15) is 49.8 Å². The maximum absolute atomic E-state index is 5.78. The molecule has 0 spiro atoms. The first-order chi connectivity index (χ1) is 9.76. The standard InChI is InChI=1S/C17H25NO2/c1-12-10-14-11-13(5-8-17(14)20-12)16(18-2)7-6-15-4-3-9-19-15/h5,8,11-12,15-16,18H,3-4,6-7,9-10H2,1-2H3. The molecular formula is C17H25NO2. The highest BCUT2D eigenvalue weighted by Gasteiger charge is 2.22. The summed E-state index contributed by atoms with van der Waals surface area (Å²) in [6.45, 7) is 3.08. The number of ether oxygens (including phenoxy) is 2. The normalized spacial score (nSPS) is 26.3. The molecule has 3 rings (SSSR count). The summed E-state index contributed by atoms with van der Waals surface area (Å²) >= 11 is 0. The third kappa shape index (κ3) is 2.99. The monoisotopic (exact) mass is 275 g/mol. The molecule has 2 aliphatic heterocycles. The van der Waals surface area contributed by atoms with Crippen molar-refractivity contribution in [2.45, 2.75) is 57.3 Å². The van der Waals surface area contributed by atoms with E-state index in [1.165, 1.54) is 24.0 Å². The van der Waals surface area contributed by atoms with E-state index in [4.69, 9.17) is 9.47 Å². The fraction of sp³-hybridized carbons (Fsp3) is 0.647. The average Bonchev–Trinajstić information content (AvgIpc) is 3.07. The Kier molecular flexibility index (Phi) is 4.27. The van der Waals surface area contributed by atoms with Gasteiger partial charge in [0.25, 0.3) is 0 Å². The molecule has 1 N–H and O–H groups in total. The van der Waals surface area contributed by atoms with Crippen LogP contribution < -0.4 is 10.1 Å². The lowest BCUT2D eigenvalue weighted by Crippen LogP contribution is -2.18. The molecule has 0 amide bonds. The van der Waals surface area contributed by atoms with Crippen LogP contribution in [0.5, 0.6) is 5.75 Å². The lowest BCUT2D eigenvalue weighted by atomic mass is 9.97. The topological polar surface area (TPSA) is 30.5 Å². The summed E-state index contributed by atoms with van der Waals surface area (Å²) in [6, 6.07) is 7.06. The zero-order valence-corrected chi connectivity index (χ0v) is 12.5. The van der Waals surface area contributed by atoms with Gasteiger partial charge < -0.3 is 14.8 Å². The van der Waals surface area contributed by atoms with Crippen molar-refractivity contribution in [1.82, 2.24) is 5.32 Å². The first-order valence-corrected chi connectivity index (χ1v) is 7.84. The Bertz CT molecular complexity index is 454. The third-order valence-corrected chi connectivity index (χ3v) is 4.47. The molecule has 20 heavy (non-hydrogen) atoms. The summed E-state index contributed by atoms with van der Waals surface area (Å²) in [5.41, 5.74) is 2.73. The van der Waals surface area contributed by atoms with Crippen molar-refractivity contribution in [3.8, 4) is 5.75 Å². The molecule has 0 aromatic heterocycles. The predicted octanol–water partition coefficient (Wildman–Crippen LogP) is 3.23. The van der Waals surface area contributed by atoms with Crippen molar-refractivity contribution in [3.05, 3.63) is 29.3 Å². The molecule has 3 atom stereocenters. The molecule has 0 bridgehead atoms. The van der Waals surface area contributed by atoms with E-state index in [0.717, 1.165) is 31.6 Å². The van der Waals surface area contributed by atoms with Crippen LogP contribution in [-0.4, -0.2) is 25.9 Å². The number of fused-ring (bicyclic) bond motifs is 1. The Labute approximate surface area is 121 Å². The Balaban J connectivity index is 1.65. The highest BCUT2D eigenvalue weighted by molar-refractivity contribution is 5.41. The Hall–Kier alpha value is -1.06. The SMILES string of the molecule is CNC(CCC1CCCO1)c1ccc2c(c1)CC(C)O2. The molecule has 2 aliphatic rings. The van der Waals surface area contributed by atoms with Gasteiger partial charge in [-0.05, 0) is 56.8 Å². The first kappa shape index (κ1) is 13.9. The van der Waals surface area contributed by atoms with Crippen LogP contribution >= 0.6 is 0 Å². The van der Waals surface area contributed by atoms with Crippen LogP contribution in [0.15, 0.2) is 18.2 Å². The van der Waals surface area contributed by atoms with Gasteiger partial charge in [0.1, 0.15) is 11.9 Å². The van der Waals surface area contributed by atoms with Crippen molar-refractivity contribution in [2.75, 3.05) is 13.7 Å². The van der Waals surface area contributed by atoms with Crippen molar-refractivity contribution in [3.63, 3.8) is 0 Å². The van der Waals surface area contributed by atoms with E-state index in [1.807, 2.05) is 7.05 Å². The van der Waals surface area contributed by atoms with Crippen molar-refractivity contribution >= 4 is 0 Å². The van der Waals surface area contributed by atoms with Crippen LogP contribution in [0.3, 0.4) is 0 Å². The summed E-state index contributed by atoms with van der Waals surface area (Å²) in [7, 11) is 2.05. The van der Waals surface area contributed by atoms with Gasteiger partial charge in [0.2, 0.25) is 0 Å². The summed E-state index contributed by atoms with van der Waals surface area (Å²) in [5, 5.41) is 3.45. The summed E-state index contributed by atoms with van der Waals surface area (Å²) in [6.07, 6.45) is 6.57. The highest BCUT2D eigenvalue weighted by atomic mass is 16.5. The van der Waals surface area contributed by atoms with Gasteiger partial charge in [-0.1, -0.05) is 12.1 Å². The smallest absolute Gasteiger partial charge is 0.123 e. The Morgan fingerprint density at radius 3 is 3.05 bits per heavy atom. The lowest BCUT2D eigenvalue weighted by Gasteiger charge is -2.19. The van der Waals surface area contributed by atoms with E-state index in [9.17, 15) is 0 Å². The molecule has 1 aromatic carbocycles. The molecule has 3 unspecified atom stereocenters. The van der Waals surface area contributed by atoms with Gasteiger partial charge in [-0.2, -0.15) is 0 Å². The molecular weight excluding hydrogens is 250 g/mol. The fourth-order valence-electron chi connectivity index (χ4n) is 3.36. The zero-order valence-electron chi connectivity index (χ0n) is 12.5. The quantitative estimate of drug-likeness (QED) is 0.895. The molecule has 3 heteroatoms. The Morgan fingerprint density at radius 2 is 2.30 bits per heavy atom. The van der Waals surface area contributed by atoms with E-state index in [2.05, 4.69) is 30.4 Å². The van der Waals surface area contributed by atoms with E-state index < -0.39 is 0 Å². The predicted molar refractivity (Wildman–Crippen MR) is 80.2 cm³/mol. The van der Waals surface area contributed by atoms with Gasteiger partial charge in [-0.3, -0.25) is 0 Å². The fourth-order valence-corrected chi connectivity index (χ4v) is 3.36. The third-order valence-electron chi connectivity index (χ3n) is 4.47. The maximum Gasteiger partial charge on any atom is 0.123 e. The summed E-state index contributed by atoms with van der Waals surface area (Å²) in [4.78, 5) is 0. The molecule has 1 aromatic rings. The van der Waals surface area contributed by atoms with Crippen LogP contribution in [-0.2, 0) is 11.2 Å². The van der Waals surface area contributed by atoms with Crippen LogP contribution in [0.25, 0.3) is 0 Å². The molecule has 110 valence electrons. The van der Waals surface area contributed by atoms with Gasteiger partial charge in [-0.25, -0.2) is 0 Å². The lowest BCUT2D eigenvalue weighted by molar-refractivity contribution is 0.0998. The average molecular weight is 275 g/mol. The summed E-state index contributed by atoms with van der Waals surface area (Å²) in [5.74, 6) is 1.07. The number of benzene rings is 1. The van der Waals surface area contributed by atoms with Gasteiger partial charge in [0, 0.05) is 19.1 Å². The van der Waals surface area contributed by atoms with E-state index in [0.29, 0.717) is 18.2 Å².